The topological polar surface area (TPSA) is 442 Å². The van der Waals surface area contributed by atoms with Crippen LogP contribution in [0.2, 0.25) is 0 Å². The molecule has 0 saturated carbocycles. The number of aliphatic hydroxyl groups is 15. The molecule has 28 nitrogen and oxygen atoms in total. The van der Waals surface area contributed by atoms with E-state index in [9.17, 15) is 86.2 Å². The summed E-state index contributed by atoms with van der Waals surface area (Å²) in [6.07, 6.45) is -37.5. The Morgan fingerprint density at radius 2 is 0.970 bits per heavy atom. The van der Waals surface area contributed by atoms with Gasteiger partial charge in [0.1, 0.15) is 104 Å². The molecule has 5 fully saturated rings. The van der Waals surface area contributed by atoms with E-state index in [4.69, 9.17) is 47.4 Å². The Kier molecular flexibility index (Phi) is 21.1. The molecule has 0 aromatic heterocycles. The second-order valence-corrected chi connectivity index (χ2v) is 16.7. The van der Waals surface area contributed by atoms with Crippen molar-refractivity contribution in [2.24, 2.45) is 0 Å². The fourth-order valence-electron chi connectivity index (χ4n) is 8.44. The standard InChI is InChI=1S/C38H65NO27/c1-13(47)39-14(6-40)29(53)36(19(52)7-41)64-28-4-17(50)34(22(10-44)59-28)62-26-3-16(49)33(21(9-43)58-26)63-27-5-18(51)35(23(11-45)60-27)66-38-32(56)31(55)37(24(12-46)61-38)65-25-2-15(48)30(54)20(8-42)57-25/h6,14-38,41-46,48-56H,2-5,7-12H2,1H3,(H,39,47)/t14-,15+,16+,17+,18+,19+,20+,21+,22+,23+,24+,25-,26-,27-,28-,29+,30-,31+,32+,33-,34-,35-,36+,37+,38-/m0/s1. The third-order valence-corrected chi connectivity index (χ3v) is 11.9. The lowest BCUT2D eigenvalue weighted by atomic mass is 9.97. The summed E-state index contributed by atoms with van der Waals surface area (Å²) in [6, 6.07) is -1.57. The van der Waals surface area contributed by atoms with E-state index >= 15 is 0 Å². The van der Waals surface area contributed by atoms with Gasteiger partial charge in [0.15, 0.2) is 31.5 Å². The van der Waals surface area contributed by atoms with Crippen LogP contribution in [-0.4, -0.2) is 282 Å². The average Bonchev–Trinajstić information content (AvgIpc) is 3.29. The highest BCUT2D eigenvalue weighted by atomic mass is 16.8. The molecule has 5 aliphatic heterocycles. The molecule has 384 valence electrons. The number of nitrogens with one attached hydrogen (secondary N) is 1. The van der Waals surface area contributed by atoms with Crippen molar-refractivity contribution in [3.05, 3.63) is 0 Å². The van der Waals surface area contributed by atoms with Gasteiger partial charge in [0.25, 0.3) is 0 Å². The maximum absolute atomic E-state index is 11.6. The third-order valence-electron chi connectivity index (χ3n) is 11.9. The van der Waals surface area contributed by atoms with Gasteiger partial charge in [-0.25, -0.2) is 0 Å². The molecule has 1 amide bonds. The molecule has 0 unspecified atom stereocenters. The Bertz CT molecular complexity index is 1470. The second kappa shape index (κ2) is 25.3. The van der Waals surface area contributed by atoms with Crippen molar-refractivity contribution < 1.29 is 134 Å². The quantitative estimate of drug-likeness (QED) is 0.0475. The molecule has 0 aromatic carbocycles. The molecule has 16 N–H and O–H groups in total. The summed E-state index contributed by atoms with van der Waals surface area (Å²) in [7, 11) is 0. The normalized spacial score (nSPS) is 44.2. The first kappa shape index (κ1) is 55.1. The van der Waals surface area contributed by atoms with Gasteiger partial charge < -0.3 is 134 Å². The zero-order valence-corrected chi connectivity index (χ0v) is 35.7. The first-order valence-electron chi connectivity index (χ1n) is 21.5. The molecular formula is C38H65NO27. The van der Waals surface area contributed by atoms with Gasteiger partial charge >= 0.3 is 0 Å². The molecule has 66 heavy (non-hydrogen) atoms. The van der Waals surface area contributed by atoms with Crippen LogP contribution in [0, 0.1) is 0 Å². The minimum atomic E-state index is -1.90. The van der Waals surface area contributed by atoms with E-state index in [1.165, 1.54) is 0 Å². The molecular weight excluding hydrogens is 902 g/mol. The van der Waals surface area contributed by atoms with Gasteiger partial charge in [-0.2, -0.15) is 0 Å². The lowest BCUT2D eigenvalue weighted by Gasteiger charge is -2.47. The molecule has 5 rings (SSSR count). The third kappa shape index (κ3) is 13.3. The van der Waals surface area contributed by atoms with Crippen LogP contribution < -0.4 is 5.32 Å². The van der Waals surface area contributed by atoms with E-state index in [1.54, 1.807) is 0 Å². The molecule has 0 aromatic rings. The SMILES string of the molecule is CC(=O)N[C@@H](C=O)[C@@H](O)[C@H](O[C@H]1C[C@@H](O)[C@H](O[C@H]2C[C@@H](O)[C@H](O[C@H]3C[C@@H](O)[C@H](O[C@@H]4O[C@H](CO)[C@@H](O[C@H]5C[C@@H](O)[C@H](O)[C@@H](CO)O5)[C@H](O)[C@H]4O)[C@@H](CO)O3)[C@@H](CO)O2)[C@@H](CO)O1)[C@H](O)CO. The highest BCUT2D eigenvalue weighted by Crippen LogP contribution is 2.35. The molecule has 28 heteroatoms. The van der Waals surface area contributed by atoms with Gasteiger partial charge in [-0.3, -0.25) is 4.79 Å². The summed E-state index contributed by atoms with van der Waals surface area (Å²) < 4.78 is 57.4. The maximum atomic E-state index is 11.6. The Morgan fingerprint density at radius 3 is 1.42 bits per heavy atom. The van der Waals surface area contributed by atoms with E-state index < -0.39 is 212 Å². The number of rotatable bonds is 21. The number of aldehydes is 1. The fourth-order valence-corrected chi connectivity index (χ4v) is 8.44. The van der Waals surface area contributed by atoms with Crippen molar-refractivity contribution in [2.75, 3.05) is 39.6 Å². The van der Waals surface area contributed by atoms with E-state index in [0.29, 0.717) is 0 Å². The fraction of sp³-hybridized carbons (Fsp3) is 0.947. The minimum Gasteiger partial charge on any atom is -0.394 e. The van der Waals surface area contributed by atoms with Crippen molar-refractivity contribution in [3.63, 3.8) is 0 Å². The van der Waals surface area contributed by atoms with Crippen LogP contribution >= 0.6 is 0 Å². The predicted molar refractivity (Wildman–Crippen MR) is 206 cm³/mol. The van der Waals surface area contributed by atoms with Crippen molar-refractivity contribution in [3.8, 4) is 0 Å². The maximum Gasteiger partial charge on any atom is 0.217 e. The Balaban J connectivity index is 1.15. The van der Waals surface area contributed by atoms with Gasteiger partial charge in [-0.05, 0) is 0 Å². The molecule has 0 spiro atoms. The number of ether oxygens (including phenoxy) is 10. The summed E-state index contributed by atoms with van der Waals surface area (Å²) in [4.78, 5) is 23.1. The van der Waals surface area contributed by atoms with Crippen LogP contribution in [0.1, 0.15) is 32.6 Å². The van der Waals surface area contributed by atoms with Gasteiger partial charge in [-0.15, -0.1) is 0 Å². The molecule has 25 atom stereocenters. The molecule has 5 aliphatic rings. The van der Waals surface area contributed by atoms with Crippen LogP contribution in [0.4, 0.5) is 0 Å². The minimum absolute atomic E-state index is 0.184. The van der Waals surface area contributed by atoms with Crippen molar-refractivity contribution in [1.82, 2.24) is 5.32 Å². The molecule has 0 bridgehead atoms. The lowest BCUT2D eigenvalue weighted by Crippen LogP contribution is -2.64. The monoisotopic (exact) mass is 967 g/mol. The number of carbonyl (C=O) groups is 2. The lowest BCUT2D eigenvalue weighted by molar-refractivity contribution is -0.371. The van der Waals surface area contributed by atoms with E-state index in [-0.39, 0.29) is 19.1 Å². The highest BCUT2D eigenvalue weighted by Gasteiger charge is 2.52. The van der Waals surface area contributed by atoms with Gasteiger partial charge in [0.2, 0.25) is 5.91 Å². The molecule has 5 heterocycles. The first-order valence-corrected chi connectivity index (χ1v) is 21.5. The Labute approximate surface area is 376 Å². The van der Waals surface area contributed by atoms with E-state index in [2.05, 4.69) is 5.32 Å². The van der Waals surface area contributed by atoms with Crippen LogP contribution in [0.25, 0.3) is 0 Å². The molecule has 5 saturated heterocycles. The smallest absolute Gasteiger partial charge is 0.217 e. The summed E-state index contributed by atoms with van der Waals surface area (Å²) in [5, 5.41) is 159. The van der Waals surface area contributed by atoms with Crippen molar-refractivity contribution in [1.29, 1.82) is 0 Å². The Hall–Kier alpha value is -1.86. The predicted octanol–water partition coefficient (Wildman–Crippen LogP) is -10.00. The number of aliphatic hydroxyl groups excluding tert-OH is 15. The number of hydrogen-bond acceptors (Lipinski definition) is 27. The van der Waals surface area contributed by atoms with Crippen molar-refractivity contribution in [2.45, 2.75) is 186 Å². The zero-order chi connectivity index (χ0) is 48.6. The number of carbonyl (C=O) groups excluding carboxylic acids is 2. The number of hydrogen-bond donors (Lipinski definition) is 16. The summed E-state index contributed by atoms with van der Waals surface area (Å²) in [5.41, 5.74) is 0. The molecule has 0 aliphatic carbocycles. The first-order chi connectivity index (χ1) is 31.4. The molecule has 0 radical (unpaired) electrons. The van der Waals surface area contributed by atoms with Crippen LogP contribution in [0.15, 0.2) is 0 Å². The van der Waals surface area contributed by atoms with Gasteiger partial charge in [0.05, 0.1) is 64.1 Å². The van der Waals surface area contributed by atoms with Gasteiger partial charge in [-0.1, -0.05) is 0 Å². The Morgan fingerprint density at radius 1 is 0.561 bits per heavy atom. The summed E-state index contributed by atoms with van der Waals surface area (Å²) in [5.74, 6) is -0.698. The van der Waals surface area contributed by atoms with Crippen LogP contribution in [0.3, 0.4) is 0 Å². The average molecular weight is 968 g/mol. The van der Waals surface area contributed by atoms with Crippen LogP contribution in [-0.2, 0) is 57.0 Å². The summed E-state index contributed by atoms with van der Waals surface area (Å²) >= 11 is 0. The van der Waals surface area contributed by atoms with Crippen molar-refractivity contribution >= 4 is 12.2 Å². The zero-order valence-electron chi connectivity index (χ0n) is 35.7. The van der Waals surface area contributed by atoms with E-state index in [0.717, 1.165) is 6.92 Å². The summed E-state index contributed by atoms with van der Waals surface area (Å²) in [6.45, 7) is -3.75. The largest absolute Gasteiger partial charge is 0.394 e. The van der Waals surface area contributed by atoms with E-state index in [1.807, 2.05) is 0 Å². The highest BCUT2D eigenvalue weighted by molar-refractivity contribution is 5.77. The van der Waals surface area contributed by atoms with Gasteiger partial charge in [0, 0.05) is 32.6 Å². The number of amides is 1. The second-order valence-electron chi connectivity index (χ2n) is 16.7. The van der Waals surface area contributed by atoms with Crippen LogP contribution in [0.5, 0.6) is 0 Å².